The average molecular weight is 531 g/mol. The fourth-order valence-corrected chi connectivity index (χ4v) is 5.65. The third-order valence-corrected chi connectivity index (χ3v) is 8.09. The fraction of sp³-hybridized carbons (Fsp3) is 0.484. The zero-order chi connectivity index (χ0) is 27.0. The number of carbonyl (C=O) groups is 1. The highest BCUT2D eigenvalue weighted by atomic mass is 16.5. The molecule has 2 fully saturated rings. The first-order chi connectivity index (χ1) is 18.8. The van der Waals surface area contributed by atoms with Crippen LogP contribution in [-0.4, -0.2) is 65.8 Å². The van der Waals surface area contributed by atoms with Crippen molar-refractivity contribution in [1.29, 1.82) is 0 Å². The van der Waals surface area contributed by atoms with Crippen LogP contribution in [0.2, 0.25) is 0 Å². The van der Waals surface area contributed by atoms with Crippen molar-refractivity contribution in [1.82, 2.24) is 14.8 Å². The lowest BCUT2D eigenvalue weighted by atomic mass is 9.86. The molecule has 0 bridgehead atoms. The zero-order valence-corrected chi connectivity index (χ0v) is 23.2. The normalized spacial score (nSPS) is 19.1. The minimum absolute atomic E-state index is 0.0272. The van der Waals surface area contributed by atoms with Gasteiger partial charge in [0.2, 0.25) is 5.89 Å². The molecule has 2 saturated heterocycles. The van der Waals surface area contributed by atoms with Crippen LogP contribution in [0, 0.1) is 0 Å². The molecule has 0 radical (unpaired) electrons. The fourth-order valence-electron chi connectivity index (χ4n) is 5.65. The lowest BCUT2D eigenvalue weighted by Crippen LogP contribution is -2.47. The highest BCUT2D eigenvalue weighted by Gasteiger charge is 2.42. The Bertz CT molecular complexity index is 1310. The number of nitrogens with one attached hydrogen (secondary N) is 1. The topological polar surface area (TPSA) is 80.1 Å². The predicted molar refractivity (Wildman–Crippen MR) is 150 cm³/mol. The molecule has 1 aromatic heterocycles. The molecule has 39 heavy (non-hydrogen) atoms. The van der Waals surface area contributed by atoms with Crippen LogP contribution in [0.5, 0.6) is 5.75 Å². The molecular formula is C31H38N4O4. The quantitative estimate of drug-likeness (QED) is 0.482. The molecule has 6 rings (SSSR count). The van der Waals surface area contributed by atoms with Gasteiger partial charge in [-0.3, -0.25) is 4.90 Å². The third kappa shape index (κ3) is 5.68. The van der Waals surface area contributed by atoms with Gasteiger partial charge in [0, 0.05) is 56.5 Å². The number of nitrogens with zero attached hydrogens (tertiary/aromatic N) is 3. The first kappa shape index (κ1) is 25.9. The number of morpholine rings is 1. The molecule has 8 heteroatoms. The van der Waals surface area contributed by atoms with Gasteiger partial charge in [0.15, 0.2) is 0 Å². The van der Waals surface area contributed by atoms with Crippen LogP contribution in [0.1, 0.15) is 50.8 Å². The van der Waals surface area contributed by atoms with Gasteiger partial charge in [-0.25, -0.2) is 9.78 Å². The van der Waals surface area contributed by atoms with Gasteiger partial charge in [-0.2, -0.15) is 0 Å². The van der Waals surface area contributed by atoms with Crippen LogP contribution in [0.4, 0.5) is 10.5 Å². The van der Waals surface area contributed by atoms with Gasteiger partial charge in [-0.1, -0.05) is 39.0 Å². The molecule has 4 heterocycles. The smallest absolute Gasteiger partial charge is 0.321 e. The van der Waals surface area contributed by atoms with E-state index in [4.69, 9.17) is 13.9 Å². The zero-order valence-electron chi connectivity index (χ0n) is 23.2. The van der Waals surface area contributed by atoms with Gasteiger partial charge >= 0.3 is 6.03 Å². The van der Waals surface area contributed by atoms with Crippen molar-refractivity contribution >= 4 is 11.7 Å². The molecule has 1 N–H and O–H groups in total. The second kappa shape index (κ2) is 10.3. The molecule has 0 saturated carbocycles. The van der Waals surface area contributed by atoms with Gasteiger partial charge in [-0.15, -0.1) is 0 Å². The van der Waals surface area contributed by atoms with Crippen molar-refractivity contribution in [2.24, 2.45) is 0 Å². The second-order valence-electron chi connectivity index (χ2n) is 12.0. The lowest BCUT2D eigenvalue weighted by molar-refractivity contribution is 0.0145. The Morgan fingerprint density at radius 1 is 1.00 bits per heavy atom. The highest BCUT2D eigenvalue weighted by Crippen LogP contribution is 2.42. The average Bonchev–Trinajstić information content (AvgIpc) is 3.55. The maximum absolute atomic E-state index is 12.5. The van der Waals surface area contributed by atoms with E-state index in [0.29, 0.717) is 26.3 Å². The molecule has 8 nitrogen and oxygen atoms in total. The number of urea groups is 1. The lowest BCUT2D eigenvalue weighted by Gasteiger charge is -2.38. The number of aromatic nitrogens is 1. The summed E-state index contributed by atoms with van der Waals surface area (Å²) in [4.78, 5) is 21.2. The number of anilines is 1. The Morgan fingerprint density at radius 2 is 1.72 bits per heavy atom. The Balaban J connectivity index is 1.05. The summed E-state index contributed by atoms with van der Waals surface area (Å²) in [5.74, 6) is 2.73. The number of benzene rings is 2. The number of carbonyl (C=O) groups excluding carboxylic acids is 1. The number of hydrogen-bond acceptors (Lipinski definition) is 6. The molecule has 1 spiro atoms. The Hall–Kier alpha value is -3.36. The number of hydrogen-bond donors (Lipinski definition) is 1. The summed E-state index contributed by atoms with van der Waals surface area (Å²) in [6, 6.07) is 14.5. The number of ether oxygens (including phenoxy) is 2. The van der Waals surface area contributed by atoms with Crippen molar-refractivity contribution in [3.8, 4) is 16.9 Å². The number of amides is 2. The molecular weight excluding hydrogens is 492 g/mol. The molecule has 2 aromatic carbocycles. The predicted octanol–water partition coefficient (Wildman–Crippen LogP) is 5.47. The van der Waals surface area contributed by atoms with Gasteiger partial charge < -0.3 is 24.1 Å². The van der Waals surface area contributed by atoms with E-state index in [-0.39, 0.29) is 17.0 Å². The van der Waals surface area contributed by atoms with Crippen molar-refractivity contribution in [2.75, 3.05) is 44.7 Å². The number of piperidine rings is 1. The third-order valence-electron chi connectivity index (χ3n) is 8.09. The summed E-state index contributed by atoms with van der Waals surface area (Å²) in [6.07, 6.45) is 4.78. The van der Waals surface area contributed by atoms with Crippen LogP contribution in [0.3, 0.4) is 0 Å². The van der Waals surface area contributed by atoms with Crippen LogP contribution in [-0.2, 0) is 23.1 Å². The molecule has 3 aromatic rings. The Labute approximate surface area is 230 Å². The minimum atomic E-state index is -0.127. The molecule has 2 amide bonds. The first-order valence-corrected chi connectivity index (χ1v) is 14.0. The van der Waals surface area contributed by atoms with Gasteiger partial charge in [-0.05, 0) is 41.0 Å². The Morgan fingerprint density at radius 3 is 2.41 bits per heavy atom. The summed E-state index contributed by atoms with van der Waals surface area (Å²) < 4.78 is 17.9. The molecule has 3 aliphatic heterocycles. The van der Waals surface area contributed by atoms with E-state index in [2.05, 4.69) is 66.3 Å². The number of rotatable bonds is 4. The van der Waals surface area contributed by atoms with Crippen LogP contribution in [0.15, 0.2) is 53.1 Å². The maximum Gasteiger partial charge on any atom is 0.321 e. The SMILES string of the molecule is CC(C)(C)c1cnc(CN2CCC3(CC2)Cc2cc(-c4ccc(NC(=O)N5CCOCC5)cc4)ccc2O3)o1. The molecule has 3 aliphatic rings. The van der Waals surface area contributed by atoms with E-state index in [1.54, 1.807) is 4.90 Å². The van der Waals surface area contributed by atoms with Gasteiger partial charge in [0.05, 0.1) is 26.0 Å². The Kier molecular flexibility index (Phi) is 6.85. The second-order valence-corrected chi connectivity index (χ2v) is 12.0. The van der Waals surface area contributed by atoms with Crippen molar-refractivity contribution < 1.29 is 18.7 Å². The summed E-state index contributed by atoms with van der Waals surface area (Å²) in [7, 11) is 0. The summed E-state index contributed by atoms with van der Waals surface area (Å²) in [6.45, 7) is 11.5. The first-order valence-electron chi connectivity index (χ1n) is 14.0. The van der Waals surface area contributed by atoms with E-state index in [1.807, 2.05) is 18.3 Å². The number of oxazole rings is 1. The van der Waals surface area contributed by atoms with Crippen LogP contribution >= 0.6 is 0 Å². The van der Waals surface area contributed by atoms with E-state index >= 15 is 0 Å². The molecule has 0 aliphatic carbocycles. The monoisotopic (exact) mass is 530 g/mol. The standard InChI is InChI=1S/C31H38N4O4/c1-30(2,3)27-20-32-28(38-27)21-34-12-10-31(11-13-34)19-24-18-23(6-9-26(24)39-31)22-4-7-25(8-5-22)33-29(36)35-14-16-37-17-15-35/h4-9,18,20H,10-17,19,21H2,1-3H3,(H,33,36). The van der Waals surface area contributed by atoms with Crippen LogP contribution < -0.4 is 10.1 Å². The van der Waals surface area contributed by atoms with Gasteiger partial charge in [0.1, 0.15) is 17.1 Å². The van der Waals surface area contributed by atoms with E-state index < -0.39 is 0 Å². The van der Waals surface area contributed by atoms with Crippen molar-refractivity contribution in [3.63, 3.8) is 0 Å². The van der Waals surface area contributed by atoms with E-state index in [0.717, 1.165) is 73.1 Å². The van der Waals surface area contributed by atoms with Gasteiger partial charge in [0.25, 0.3) is 0 Å². The summed E-state index contributed by atoms with van der Waals surface area (Å²) in [5, 5.41) is 2.99. The number of likely N-dealkylation sites (tertiary alicyclic amines) is 1. The summed E-state index contributed by atoms with van der Waals surface area (Å²) >= 11 is 0. The number of fused-ring (bicyclic) bond motifs is 1. The van der Waals surface area contributed by atoms with E-state index in [1.165, 1.54) is 5.56 Å². The maximum atomic E-state index is 12.5. The van der Waals surface area contributed by atoms with E-state index in [9.17, 15) is 4.79 Å². The highest BCUT2D eigenvalue weighted by molar-refractivity contribution is 5.89. The van der Waals surface area contributed by atoms with Crippen molar-refractivity contribution in [2.45, 2.75) is 57.6 Å². The molecule has 206 valence electrons. The molecule has 0 atom stereocenters. The minimum Gasteiger partial charge on any atom is -0.487 e. The van der Waals surface area contributed by atoms with Crippen molar-refractivity contribution in [3.05, 3.63) is 65.9 Å². The largest absolute Gasteiger partial charge is 0.487 e. The molecule has 0 unspecified atom stereocenters. The van der Waals surface area contributed by atoms with Crippen LogP contribution in [0.25, 0.3) is 11.1 Å². The summed E-state index contributed by atoms with van der Waals surface area (Å²) in [5.41, 5.74) is 4.20.